The Balaban J connectivity index is 3.16. The van der Waals surface area contributed by atoms with Gasteiger partial charge >= 0.3 is 5.97 Å². The molecule has 0 unspecified atom stereocenters. The molecule has 0 fully saturated rings. The molecule has 0 radical (unpaired) electrons. The number of carboxylic acids is 1. The number of carbonyl (C=O) groups is 1. The first kappa shape index (κ1) is 11.6. The van der Waals surface area contributed by atoms with Gasteiger partial charge < -0.3 is 5.11 Å². The first-order chi connectivity index (χ1) is 6.85. The minimum atomic E-state index is -2.69. The highest BCUT2D eigenvalue weighted by Gasteiger charge is 2.30. The lowest BCUT2D eigenvalue weighted by molar-refractivity contribution is -0.142. The van der Waals surface area contributed by atoms with E-state index in [4.69, 9.17) is 5.11 Å². The van der Waals surface area contributed by atoms with Crippen molar-refractivity contribution in [3.63, 3.8) is 0 Å². The number of alkyl halides is 2. The predicted molar refractivity (Wildman–Crippen MR) is 49.9 cm³/mol. The molecule has 0 bridgehead atoms. The number of nitrogens with zero attached hydrogens (tertiary/aromatic N) is 1. The summed E-state index contributed by atoms with van der Waals surface area (Å²) < 4.78 is 24.7. The van der Waals surface area contributed by atoms with Gasteiger partial charge in [0, 0.05) is 6.20 Å². The highest BCUT2D eigenvalue weighted by atomic mass is 19.3. The van der Waals surface area contributed by atoms with Gasteiger partial charge in [0.2, 0.25) is 0 Å². The molecule has 82 valence electrons. The van der Waals surface area contributed by atoms with Crippen LogP contribution in [0.5, 0.6) is 0 Å². The lowest BCUT2D eigenvalue weighted by atomic mass is 9.85. The van der Waals surface area contributed by atoms with Gasteiger partial charge in [0.15, 0.2) is 0 Å². The average molecular weight is 215 g/mol. The minimum Gasteiger partial charge on any atom is -0.481 e. The second kappa shape index (κ2) is 3.92. The quantitative estimate of drug-likeness (QED) is 0.842. The van der Waals surface area contributed by atoms with Crippen molar-refractivity contribution in [2.45, 2.75) is 25.7 Å². The fourth-order valence-electron chi connectivity index (χ4n) is 1.08. The molecule has 15 heavy (non-hydrogen) atoms. The highest BCUT2D eigenvalue weighted by molar-refractivity contribution is 5.80. The molecular weight excluding hydrogens is 204 g/mol. The van der Waals surface area contributed by atoms with Crippen molar-refractivity contribution >= 4 is 5.97 Å². The summed E-state index contributed by atoms with van der Waals surface area (Å²) >= 11 is 0. The Morgan fingerprint density at radius 2 is 2.13 bits per heavy atom. The van der Waals surface area contributed by atoms with Crippen LogP contribution in [-0.2, 0) is 10.2 Å². The van der Waals surface area contributed by atoms with Gasteiger partial charge in [0.1, 0.15) is 5.69 Å². The fourth-order valence-corrected chi connectivity index (χ4v) is 1.08. The Morgan fingerprint density at radius 1 is 1.53 bits per heavy atom. The van der Waals surface area contributed by atoms with Gasteiger partial charge in [0.05, 0.1) is 5.41 Å². The van der Waals surface area contributed by atoms with Crippen LogP contribution in [0, 0.1) is 0 Å². The number of rotatable bonds is 3. The molecule has 5 heteroatoms. The van der Waals surface area contributed by atoms with Crippen molar-refractivity contribution < 1.29 is 18.7 Å². The second-order valence-corrected chi connectivity index (χ2v) is 3.70. The van der Waals surface area contributed by atoms with E-state index in [1.165, 1.54) is 26.1 Å². The summed E-state index contributed by atoms with van der Waals surface area (Å²) in [6, 6.07) is 2.55. The number of hydrogen-bond acceptors (Lipinski definition) is 2. The van der Waals surface area contributed by atoms with Gasteiger partial charge in [-0.3, -0.25) is 9.78 Å². The number of halogens is 2. The summed E-state index contributed by atoms with van der Waals surface area (Å²) in [5.41, 5.74) is -1.27. The number of aromatic nitrogens is 1. The van der Waals surface area contributed by atoms with Crippen LogP contribution in [-0.4, -0.2) is 16.1 Å². The third-order valence-electron chi connectivity index (χ3n) is 2.26. The Morgan fingerprint density at radius 3 is 2.60 bits per heavy atom. The Kier molecular flexibility index (Phi) is 3.02. The van der Waals surface area contributed by atoms with E-state index in [0.717, 1.165) is 6.07 Å². The summed E-state index contributed by atoms with van der Waals surface area (Å²) in [6.07, 6.45) is -1.49. The van der Waals surface area contributed by atoms with E-state index in [1.54, 1.807) is 0 Å². The van der Waals surface area contributed by atoms with E-state index < -0.39 is 23.5 Å². The van der Waals surface area contributed by atoms with Gasteiger partial charge in [-0.1, -0.05) is 0 Å². The lowest BCUT2D eigenvalue weighted by Gasteiger charge is -2.19. The molecule has 1 N–H and O–H groups in total. The summed E-state index contributed by atoms with van der Waals surface area (Å²) in [5.74, 6) is -1.06. The molecular formula is C10H11F2NO2. The first-order valence-electron chi connectivity index (χ1n) is 4.33. The zero-order valence-electron chi connectivity index (χ0n) is 8.37. The summed E-state index contributed by atoms with van der Waals surface area (Å²) in [5, 5.41) is 8.92. The molecule has 1 aromatic heterocycles. The van der Waals surface area contributed by atoms with Crippen molar-refractivity contribution in [2.24, 2.45) is 0 Å². The molecule has 0 aliphatic rings. The van der Waals surface area contributed by atoms with E-state index >= 15 is 0 Å². The van der Waals surface area contributed by atoms with Crippen molar-refractivity contribution in [1.82, 2.24) is 4.98 Å². The lowest BCUT2D eigenvalue weighted by Crippen LogP contribution is -2.28. The van der Waals surface area contributed by atoms with Crippen LogP contribution < -0.4 is 0 Å². The molecule has 0 aliphatic heterocycles. The van der Waals surface area contributed by atoms with Crippen molar-refractivity contribution in [1.29, 1.82) is 0 Å². The smallest absolute Gasteiger partial charge is 0.313 e. The van der Waals surface area contributed by atoms with Crippen LogP contribution in [0.25, 0.3) is 0 Å². The van der Waals surface area contributed by atoms with Crippen molar-refractivity contribution in [3.8, 4) is 0 Å². The maximum atomic E-state index is 12.3. The molecule has 0 atom stereocenters. The fraction of sp³-hybridized carbons (Fsp3) is 0.400. The molecule has 0 saturated heterocycles. The largest absolute Gasteiger partial charge is 0.481 e. The van der Waals surface area contributed by atoms with Crippen molar-refractivity contribution in [2.75, 3.05) is 0 Å². The maximum absolute atomic E-state index is 12.3. The predicted octanol–water partition coefficient (Wildman–Crippen LogP) is 2.38. The SMILES string of the molecule is CC(C)(C(=O)O)c1ccnc(C(F)F)c1. The zero-order valence-corrected chi connectivity index (χ0v) is 8.37. The molecule has 3 nitrogen and oxygen atoms in total. The van der Waals surface area contributed by atoms with Gasteiger partial charge in [0.25, 0.3) is 6.43 Å². The third kappa shape index (κ3) is 2.29. The monoisotopic (exact) mass is 215 g/mol. The van der Waals surface area contributed by atoms with Crippen LogP contribution in [0.3, 0.4) is 0 Å². The van der Waals surface area contributed by atoms with E-state index in [1.807, 2.05) is 0 Å². The number of pyridine rings is 1. The molecule has 1 aromatic rings. The Labute approximate surface area is 85.8 Å². The van der Waals surface area contributed by atoms with Crippen LogP contribution >= 0.6 is 0 Å². The number of carboxylic acid groups (broad SMARTS) is 1. The normalized spacial score (nSPS) is 11.8. The molecule has 0 spiro atoms. The maximum Gasteiger partial charge on any atom is 0.313 e. The molecule has 0 aromatic carbocycles. The van der Waals surface area contributed by atoms with Crippen LogP contribution in [0.1, 0.15) is 31.5 Å². The summed E-state index contributed by atoms with van der Waals surface area (Å²) in [6.45, 7) is 2.92. The van der Waals surface area contributed by atoms with Crippen LogP contribution in [0.2, 0.25) is 0 Å². The molecule has 1 heterocycles. The highest BCUT2D eigenvalue weighted by Crippen LogP contribution is 2.26. The summed E-state index contributed by atoms with van der Waals surface area (Å²) in [4.78, 5) is 14.4. The third-order valence-corrected chi connectivity index (χ3v) is 2.26. The molecule has 0 saturated carbocycles. The molecule has 0 aliphatic carbocycles. The van der Waals surface area contributed by atoms with Gasteiger partial charge in [-0.25, -0.2) is 8.78 Å². The van der Waals surface area contributed by atoms with E-state index in [-0.39, 0.29) is 0 Å². The Bertz CT molecular complexity index is 377. The average Bonchev–Trinajstić information content (AvgIpc) is 2.17. The van der Waals surface area contributed by atoms with Crippen LogP contribution in [0.15, 0.2) is 18.3 Å². The van der Waals surface area contributed by atoms with Gasteiger partial charge in [-0.05, 0) is 31.5 Å². The topological polar surface area (TPSA) is 50.2 Å². The molecule has 1 rings (SSSR count). The van der Waals surface area contributed by atoms with E-state index in [0.29, 0.717) is 5.56 Å². The minimum absolute atomic E-state index is 0.320. The number of aliphatic carboxylic acids is 1. The molecule has 0 amide bonds. The zero-order chi connectivity index (χ0) is 11.6. The first-order valence-corrected chi connectivity index (χ1v) is 4.33. The van der Waals surface area contributed by atoms with E-state index in [2.05, 4.69) is 4.98 Å². The van der Waals surface area contributed by atoms with Gasteiger partial charge in [-0.15, -0.1) is 0 Å². The standard InChI is InChI=1S/C10H11F2NO2/c1-10(2,9(14)15)6-3-4-13-7(5-6)8(11)12/h3-5,8H,1-2H3,(H,14,15). The Hall–Kier alpha value is -1.52. The number of hydrogen-bond donors (Lipinski definition) is 1. The summed E-state index contributed by atoms with van der Waals surface area (Å²) in [7, 11) is 0. The van der Waals surface area contributed by atoms with E-state index in [9.17, 15) is 13.6 Å². The van der Waals surface area contributed by atoms with Crippen molar-refractivity contribution in [3.05, 3.63) is 29.6 Å². The second-order valence-electron chi connectivity index (χ2n) is 3.70. The van der Waals surface area contributed by atoms with Crippen LogP contribution in [0.4, 0.5) is 8.78 Å². The van der Waals surface area contributed by atoms with Gasteiger partial charge in [-0.2, -0.15) is 0 Å².